The van der Waals surface area contributed by atoms with E-state index in [0.717, 1.165) is 13.0 Å². The molecule has 3 N–H and O–H groups in total. The summed E-state index contributed by atoms with van der Waals surface area (Å²) in [6.45, 7) is 15.9. The number of carbonyl (C=O) groups excluding carboxylic acids is 1. The molecule has 0 aromatic heterocycles. The molecule has 0 saturated carbocycles. The van der Waals surface area contributed by atoms with E-state index in [1.54, 1.807) is 27.7 Å². The topological polar surface area (TPSA) is 78.4 Å². The Morgan fingerprint density at radius 2 is 1.50 bits per heavy atom. The van der Waals surface area contributed by atoms with Gasteiger partial charge in [0.25, 0.3) is 0 Å². The third kappa shape index (κ3) is 7.25. The summed E-state index contributed by atoms with van der Waals surface area (Å²) < 4.78 is 0. The van der Waals surface area contributed by atoms with Crippen LogP contribution in [0.5, 0.6) is 0 Å². The van der Waals surface area contributed by atoms with Crippen LogP contribution in [0.4, 0.5) is 0 Å². The molecule has 0 spiro atoms. The number of hydrogen-bond acceptors (Lipinski definition) is 3. The fourth-order valence-corrected chi connectivity index (χ4v) is 2.47. The Labute approximate surface area is 135 Å². The molecule has 1 amide bonds. The average molecular weight is 314 g/mol. The second-order valence-corrected chi connectivity index (χ2v) is 8.45. The molecular formula is C17H34N2O3. The van der Waals surface area contributed by atoms with Crippen LogP contribution in [0.15, 0.2) is 0 Å². The van der Waals surface area contributed by atoms with E-state index in [-0.39, 0.29) is 11.4 Å². The zero-order valence-corrected chi connectivity index (χ0v) is 15.5. The first-order valence-electron chi connectivity index (χ1n) is 7.99. The van der Waals surface area contributed by atoms with Crippen LogP contribution in [0, 0.1) is 10.8 Å². The molecule has 130 valence electrons. The van der Waals surface area contributed by atoms with Crippen LogP contribution in [-0.2, 0) is 9.59 Å². The number of rotatable bonds is 9. The monoisotopic (exact) mass is 314 g/mol. The fraction of sp³-hybridized carbons (Fsp3) is 0.882. The highest BCUT2D eigenvalue weighted by Gasteiger charge is 2.40. The van der Waals surface area contributed by atoms with E-state index in [1.807, 2.05) is 13.8 Å². The molecule has 0 aromatic rings. The van der Waals surface area contributed by atoms with Gasteiger partial charge >= 0.3 is 5.97 Å². The molecule has 0 rings (SSSR count). The molecule has 5 heteroatoms. The molecule has 0 saturated heterocycles. The number of hydrogen-bond donors (Lipinski definition) is 3. The lowest BCUT2D eigenvalue weighted by Gasteiger charge is -2.35. The van der Waals surface area contributed by atoms with Gasteiger partial charge in [-0.3, -0.25) is 9.59 Å². The van der Waals surface area contributed by atoms with Gasteiger partial charge in [0.15, 0.2) is 0 Å². The maximum atomic E-state index is 12.6. The quantitative estimate of drug-likeness (QED) is 0.611. The van der Waals surface area contributed by atoms with Crippen molar-refractivity contribution in [2.24, 2.45) is 10.8 Å². The van der Waals surface area contributed by atoms with Crippen LogP contribution in [0.3, 0.4) is 0 Å². The van der Waals surface area contributed by atoms with Gasteiger partial charge in [-0.05, 0) is 47.1 Å². The predicted molar refractivity (Wildman–Crippen MR) is 89.8 cm³/mol. The number of carboxylic acid groups (broad SMARTS) is 1. The average Bonchev–Trinajstić information content (AvgIpc) is 2.25. The minimum absolute atomic E-state index is 0.101. The van der Waals surface area contributed by atoms with Crippen LogP contribution >= 0.6 is 0 Å². The van der Waals surface area contributed by atoms with Gasteiger partial charge in [0.05, 0.1) is 5.41 Å². The number of carbonyl (C=O) groups is 2. The van der Waals surface area contributed by atoms with Crippen LogP contribution in [0.1, 0.15) is 68.2 Å². The van der Waals surface area contributed by atoms with Gasteiger partial charge in [0.1, 0.15) is 0 Å². The molecule has 0 bridgehead atoms. The maximum absolute atomic E-state index is 12.6. The molecule has 22 heavy (non-hydrogen) atoms. The standard InChI is InChI=1S/C17H34N2O3/c1-12(2)18-10-9-17(7,8)19-13(20)15(3,4)11-16(5,6)14(21)22/h12,18H,9-11H2,1-8H3,(H,19,20)(H,21,22). The molecular weight excluding hydrogens is 280 g/mol. The zero-order valence-electron chi connectivity index (χ0n) is 15.5. The molecule has 0 heterocycles. The van der Waals surface area contributed by atoms with E-state index in [9.17, 15) is 14.7 Å². The number of nitrogens with one attached hydrogen (secondary N) is 2. The second-order valence-electron chi connectivity index (χ2n) is 8.45. The van der Waals surface area contributed by atoms with Gasteiger partial charge in [-0.25, -0.2) is 0 Å². The first-order valence-corrected chi connectivity index (χ1v) is 7.99. The smallest absolute Gasteiger partial charge is 0.309 e. The van der Waals surface area contributed by atoms with Crippen molar-refractivity contribution in [1.29, 1.82) is 0 Å². The van der Waals surface area contributed by atoms with E-state index in [4.69, 9.17) is 0 Å². The zero-order chi connectivity index (χ0) is 17.8. The SMILES string of the molecule is CC(C)NCCC(C)(C)NC(=O)C(C)(C)CC(C)(C)C(=O)O. The Morgan fingerprint density at radius 3 is 1.91 bits per heavy atom. The van der Waals surface area contributed by atoms with E-state index in [1.165, 1.54) is 0 Å². The largest absolute Gasteiger partial charge is 0.481 e. The lowest BCUT2D eigenvalue weighted by molar-refractivity contribution is -0.150. The number of carboxylic acids is 1. The summed E-state index contributed by atoms with van der Waals surface area (Å²) in [6, 6.07) is 0.416. The minimum atomic E-state index is -0.926. The first kappa shape index (κ1) is 20.9. The molecule has 0 aliphatic rings. The van der Waals surface area contributed by atoms with E-state index >= 15 is 0 Å². The van der Waals surface area contributed by atoms with Gasteiger partial charge in [-0.1, -0.05) is 27.7 Å². The predicted octanol–water partition coefficient (Wildman–Crippen LogP) is 2.80. The maximum Gasteiger partial charge on any atom is 0.309 e. The van der Waals surface area contributed by atoms with Crippen LogP contribution in [-0.4, -0.2) is 35.1 Å². The van der Waals surface area contributed by atoms with Crippen molar-refractivity contribution in [3.63, 3.8) is 0 Å². The summed E-state index contributed by atoms with van der Waals surface area (Å²) >= 11 is 0. The molecule has 0 unspecified atom stereocenters. The summed E-state index contributed by atoms with van der Waals surface area (Å²) in [6.07, 6.45) is 1.11. The number of aliphatic carboxylic acids is 1. The molecule has 5 nitrogen and oxygen atoms in total. The Kier molecular flexibility index (Phi) is 7.07. The first-order chi connectivity index (χ1) is 9.69. The summed E-state index contributed by atoms with van der Waals surface area (Å²) in [5.74, 6) is -0.981. The Morgan fingerprint density at radius 1 is 1.00 bits per heavy atom. The molecule has 0 aliphatic carbocycles. The Hall–Kier alpha value is -1.10. The van der Waals surface area contributed by atoms with Crippen molar-refractivity contribution < 1.29 is 14.7 Å². The summed E-state index contributed by atoms with van der Waals surface area (Å²) in [5.41, 5.74) is -1.99. The van der Waals surface area contributed by atoms with Crippen LogP contribution in [0.2, 0.25) is 0 Å². The molecule has 0 radical (unpaired) electrons. The molecule has 0 aromatic carbocycles. The highest BCUT2D eigenvalue weighted by atomic mass is 16.4. The van der Waals surface area contributed by atoms with Crippen molar-refractivity contribution in [3.8, 4) is 0 Å². The minimum Gasteiger partial charge on any atom is -0.481 e. The van der Waals surface area contributed by atoms with Crippen molar-refractivity contribution in [1.82, 2.24) is 10.6 Å². The van der Waals surface area contributed by atoms with Gasteiger partial charge < -0.3 is 15.7 Å². The van der Waals surface area contributed by atoms with Crippen LogP contribution in [0.25, 0.3) is 0 Å². The third-order valence-electron chi connectivity index (χ3n) is 3.83. The van der Waals surface area contributed by atoms with E-state index in [2.05, 4.69) is 24.5 Å². The van der Waals surface area contributed by atoms with Gasteiger partial charge in [-0.15, -0.1) is 0 Å². The van der Waals surface area contributed by atoms with Crippen molar-refractivity contribution in [3.05, 3.63) is 0 Å². The van der Waals surface area contributed by atoms with Crippen LogP contribution < -0.4 is 10.6 Å². The van der Waals surface area contributed by atoms with Gasteiger partial charge in [0, 0.05) is 17.0 Å². The molecule has 0 atom stereocenters. The van der Waals surface area contributed by atoms with E-state index < -0.39 is 16.8 Å². The lowest BCUT2D eigenvalue weighted by Crippen LogP contribution is -2.51. The second kappa shape index (κ2) is 7.44. The molecule has 0 aliphatic heterocycles. The number of amides is 1. The van der Waals surface area contributed by atoms with E-state index in [0.29, 0.717) is 12.5 Å². The third-order valence-corrected chi connectivity index (χ3v) is 3.83. The Balaban J connectivity index is 4.70. The van der Waals surface area contributed by atoms with Crippen molar-refractivity contribution >= 4 is 11.9 Å². The summed E-state index contributed by atoms with van der Waals surface area (Å²) in [5, 5.41) is 15.6. The van der Waals surface area contributed by atoms with Crippen molar-refractivity contribution in [2.45, 2.75) is 79.8 Å². The van der Waals surface area contributed by atoms with Gasteiger partial charge in [0.2, 0.25) is 5.91 Å². The van der Waals surface area contributed by atoms with Crippen molar-refractivity contribution in [2.75, 3.05) is 6.54 Å². The highest BCUT2D eigenvalue weighted by molar-refractivity contribution is 5.84. The normalized spacial score (nSPS) is 13.3. The van der Waals surface area contributed by atoms with Gasteiger partial charge in [-0.2, -0.15) is 0 Å². The fourth-order valence-electron chi connectivity index (χ4n) is 2.47. The lowest BCUT2D eigenvalue weighted by atomic mass is 9.74. The summed E-state index contributed by atoms with van der Waals surface area (Å²) in [4.78, 5) is 23.8. The highest BCUT2D eigenvalue weighted by Crippen LogP contribution is 2.34. The Bertz CT molecular complexity index is 399. The molecule has 0 fully saturated rings. The summed E-state index contributed by atoms with van der Waals surface area (Å²) in [7, 11) is 0.